The number of fused-ring (bicyclic) bond motifs is 3. The summed E-state index contributed by atoms with van der Waals surface area (Å²) in [6.45, 7) is 0. The van der Waals surface area contributed by atoms with Crippen molar-refractivity contribution >= 4 is 22.4 Å². The maximum Gasteiger partial charge on any atom is 0.360 e. The van der Waals surface area contributed by atoms with Gasteiger partial charge in [0.15, 0.2) is 17.1 Å². The molecule has 0 atom stereocenters. The molecule has 0 amide bonds. The number of pyridine rings is 1. The highest BCUT2D eigenvalue weighted by Crippen LogP contribution is 2.37. The Balaban J connectivity index is 1.96. The Morgan fingerprint density at radius 2 is 2.04 bits per heavy atom. The molecular weight excluding hydrogens is 306 g/mol. The molecule has 0 spiro atoms. The molecule has 0 bridgehead atoms. The first-order chi connectivity index (χ1) is 11.7. The molecule has 1 fully saturated rings. The second-order valence-corrected chi connectivity index (χ2v) is 6.32. The Morgan fingerprint density at radius 1 is 1.25 bits per heavy atom. The molecule has 1 aromatic carbocycles. The van der Waals surface area contributed by atoms with Crippen LogP contribution in [0.25, 0.3) is 16.4 Å². The fraction of sp³-hybridized carbons (Fsp3) is 0.389. The molecule has 6 nitrogen and oxygen atoms in total. The predicted octanol–water partition coefficient (Wildman–Crippen LogP) is 3.42. The molecule has 1 N–H and O–H groups in total. The maximum absolute atomic E-state index is 12.0. The van der Waals surface area contributed by atoms with E-state index in [-0.39, 0.29) is 11.4 Å². The van der Waals surface area contributed by atoms with E-state index in [0.717, 1.165) is 5.39 Å². The number of ether oxygens (including phenoxy) is 1. The number of hydrogen-bond donors (Lipinski definition) is 1. The first-order valence-electron chi connectivity index (χ1n) is 8.27. The monoisotopic (exact) mass is 325 g/mol. The number of nitrogens with zero attached hydrogens (tertiary/aromatic N) is 3. The average Bonchev–Trinajstić information content (AvgIpc) is 3.11. The van der Waals surface area contributed by atoms with Crippen LogP contribution in [0.4, 0.5) is 0 Å². The molecule has 0 saturated heterocycles. The minimum absolute atomic E-state index is 0.00270. The summed E-state index contributed by atoms with van der Waals surface area (Å²) in [6.07, 6.45) is 7.60. The van der Waals surface area contributed by atoms with E-state index in [1.165, 1.54) is 55.6 Å². The zero-order valence-electron chi connectivity index (χ0n) is 13.5. The van der Waals surface area contributed by atoms with Crippen LogP contribution in [-0.4, -0.2) is 32.8 Å². The highest BCUT2D eigenvalue weighted by atomic mass is 16.5. The van der Waals surface area contributed by atoms with Gasteiger partial charge in [-0.05, 0) is 30.4 Å². The fourth-order valence-corrected chi connectivity index (χ4v) is 3.74. The van der Waals surface area contributed by atoms with E-state index < -0.39 is 5.97 Å². The Labute approximate surface area is 139 Å². The van der Waals surface area contributed by atoms with E-state index >= 15 is 0 Å². The molecule has 3 aromatic rings. The number of esters is 1. The van der Waals surface area contributed by atoms with Gasteiger partial charge in [-0.1, -0.05) is 31.4 Å². The molecule has 24 heavy (non-hydrogen) atoms. The van der Waals surface area contributed by atoms with Crippen LogP contribution >= 0.6 is 0 Å². The van der Waals surface area contributed by atoms with Crippen LogP contribution < -0.4 is 0 Å². The fourth-order valence-electron chi connectivity index (χ4n) is 3.74. The average molecular weight is 325 g/mol. The van der Waals surface area contributed by atoms with Crippen molar-refractivity contribution in [2.75, 3.05) is 7.11 Å². The van der Waals surface area contributed by atoms with Crippen molar-refractivity contribution in [1.82, 2.24) is 14.6 Å². The summed E-state index contributed by atoms with van der Waals surface area (Å²) >= 11 is 0. The van der Waals surface area contributed by atoms with E-state index in [1.807, 2.05) is 12.1 Å². The highest BCUT2D eigenvalue weighted by molar-refractivity contribution is 6.05. The van der Waals surface area contributed by atoms with Crippen molar-refractivity contribution < 1.29 is 14.6 Å². The minimum Gasteiger partial charge on any atom is -0.505 e. The number of rotatable bonds is 2. The standard InChI is InChI=1S/C18H19N3O3/c1-24-18(23)15-16(22)13-8-7-12(11-5-3-2-4-6-11)9-14(13)17-19-10-20-21(15)17/h7-11,22H,2-6H2,1H3. The van der Waals surface area contributed by atoms with Crippen LogP contribution in [0.15, 0.2) is 24.5 Å². The number of hydrogen-bond acceptors (Lipinski definition) is 5. The van der Waals surface area contributed by atoms with Crippen LogP contribution in [0.1, 0.15) is 54.1 Å². The van der Waals surface area contributed by atoms with Crippen LogP contribution in [0, 0.1) is 0 Å². The first-order valence-corrected chi connectivity index (χ1v) is 8.27. The van der Waals surface area contributed by atoms with E-state index in [2.05, 4.69) is 16.1 Å². The van der Waals surface area contributed by atoms with Gasteiger partial charge in [0.1, 0.15) is 6.33 Å². The quantitative estimate of drug-likeness (QED) is 0.731. The Hall–Kier alpha value is -2.63. The lowest BCUT2D eigenvalue weighted by Crippen LogP contribution is -2.10. The molecule has 1 saturated carbocycles. The maximum atomic E-state index is 12.0. The van der Waals surface area contributed by atoms with Crippen LogP contribution in [0.2, 0.25) is 0 Å². The summed E-state index contributed by atoms with van der Waals surface area (Å²) in [7, 11) is 1.28. The molecule has 4 rings (SSSR count). The second kappa shape index (κ2) is 5.78. The van der Waals surface area contributed by atoms with Crippen molar-refractivity contribution in [1.29, 1.82) is 0 Å². The van der Waals surface area contributed by atoms with Gasteiger partial charge >= 0.3 is 5.97 Å². The van der Waals surface area contributed by atoms with Crippen molar-refractivity contribution in [2.45, 2.75) is 38.0 Å². The van der Waals surface area contributed by atoms with Gasteiger partial charge in [-0.2, -0.15) is 5.10 Å². The van der Waals surface area contributed by atoms with E-state index in [9.17, 15) is 9.90 Å². The third-order valence-electron chi connectivity index (χ3n) is 4.98. The number of carbonyl (C=O) groups is 1. The largest absolute Gasteiger partial charge is 0.505 e. The third kappa shape index (κ3) is 2.21. The van der Waals surface area contributed by atoms with E-state index in [1.54, 1.807) is 0 Å². The highest BCUT2D eigenvalue weighted by Gasteiger charge is 2.23. The van der Waals surface area contributed by atoms with Crippen molar-refractivity contribution in [3.05, 3.63) is 35.8 Å². The van der Waals surface area contributed by atoms with Gasteiger partial charge in [0.25, 0.3) is 0 Å². The smallest absolute Gasteiger partial charge is 0.360 e. The topological polar surface area (TPSA) is 76.7 Å². The Morgan fingerprint density at radius 3 is 2.79 bits per heavy atom. The summed E-state index contributed by atoms with van der Waals surface area (Å²) < 4.78 is 6.13. The molecule has 0 radical (unpaired) electrons. The third-order valence-corrected chi connectivity index (χ3v) is 4.98. The minimum atomic E-state index is -0.638. The van der Waals surface area contributed by atoms with Gasteiger partial charge in [0.05, 0.1) is 7.11 Å². The number of benzene rings is 1. The van der Waals surface area contributed by atoms with Crippen LogP contribution in [0.5, 0.6) is 5.75 Å². The van der Waals surface area contributed by atoms with Gasteiger partial charge in [0.2, 0.25) is 0 Å². The summed E-state index contributed by atoms with van der Waals surface area (Å²) in [5, 5.41) is 16.1. The molecule has 6 heteroatoms. The molecule has 1 aliphatic rings. The Bertz CT molecular complexity index is 926. The van der Waals surface area contributed by atoms with Gasteiger partial charge in [-0.25, -0.2) is 14.3 Å². The van der Waals surface area contributed by atoms with Gasteiger partial charge in [-0.15, -0.1) is 0 Å². The number of aromatic hydroxyl groups is 1. The molecule has 124 valence electrons. The molecule has 1 aliphatic carbocycles. The van der Waals surface area contributed by atoms with Crippen LogP contribution in [-0.2, 0) is 4.74 Å². The van der Waals surface area contributed by atoms with Crippen molar-refractivity contribution in [3.63, 3.8) is 0 Å². The van der Waals surface area contributed by atoms with Gasteiger partial charge < -0.3 is 9.84 Å². The normalized spacial score (nSPS) is 15.9. The van der Waals surface area contributed by atoms with Crippen LogP contribution in [0.3, 0.4) is 0 Å². The molecule has 0 aliphatic heterocycles. The Kier molecular flexibility index (Phi) is 3.59. The van der Waals surface area contributed by atoms with Crippen molar-refractivity contribution in [3.8, 4) is 5.75 Å². The summed E-state index contributed by atoms with van der Waals surface area (Å²) in [6, 6.07) is 6.00. The number of methoxy groups -OCH3 is 1. The second-order valence-electron chi connectivity index (χ2n) is 6.32. The zero-order valence-corrected chi connectivity index (χ0v) is 13.5. The first kappa shape index (κ1) is 14.9. The SMILES string of the molecule is COC(=O)c1c(O)c2ccc(C3CCCCC3)cc2c2ncnn12. The molecule has 2 heterocycles. The molecular formula is C18H19N3O3. The lowest BCUT2D eigenvalue weighted by Gasteiger charge is -2.22. The molecule has 0 unspecified atom stereocenters. The number of carbonyl (C=O) groups excluding carboxylic acids is 1. The predicted molar refractivity (Wildman–Crippen MR) is 89.3 cm³/mol. The lowest BCUT2D eigenvalue weighted by molar-refractivity contribution is 0.0587. The van der Waals surface area contributed by atoms with E-state index in [0.29, 0.717) is 17.0 Å². The van der Waals surface area contributed by atoms with E-state index in [4.69, 9.17) is 4.74 Å². The lowest BCUT2D eigenvalue weighted by atomic mass is 9.83. The van der Waals surface area contributed by atoms with Gasteiger partial charge in [-0.3, -0.25) is 0 Å². The summed E-state index contributed by atoms with van der Waals surface area (Å²) in [5.41, 5.74) is 1.82. The van der Waals surface area contributed by atoms with Gasteiger partial charge in [0, 0.05) is 10.8 Å². The zero-order chi connectivity index (χ0) is 16.7. The van der Waals surface area contributed by atoms with Crippen molar-refractivity contribution in [2.24, 2.45) is 0 Å². The number of aromatic nitrogens is 3. The molecule has 2 aromatic heterocycles. The summed E-state index contributed by atoms with van der Waals surface area (Å²) in [5.74, 6) is -0.208. The summed E-state index contributed by atoms with van der Waals surface area (Å²) in [4.78, 5) is 16.3.